The number of aryl methyl sites for hydroxylation is 2. The molecule has 0 fully saturated rings. The minimum Gasteiger partial charge on any atom is -0.389 e. The van der Waals surface area contributed by atoms with Crippen LogP contribution in [0.15, 0.2) is 46.5 Å². The molecule has 1 aromatic heterocycles. The average Bonchev–Trinajstić information content (AvgIpc) is 2.34. The van der Waals surface area contributed by atoms with Crippen molar-refractivity contribution in [1.29, 1.82) is 0 Å². The van der Waals surface area contributed by atoms with E-state index in [4.69, 9.17) is 0 Å². The van der Waals surface area contributed by atoms with Gasteiger partial charge in [-0.15, -0.1) is 0 Å². The summed E-state index contributed by atoms with van der Waals surface area (Å²) in [5.74, 6) is 0. The van der Waals surface area contributed by atoms with Crippen molar-refractivity contribution < 1.29 is 5.11 Å². The van der Waals surface area contributed by atoms with Gasteiger partial charge < -0.3 is 5.11 Å². The summed E-state index contributed by atoms with van der Waals surface area (Å²) in [6, 6.07) is 10.3. The Labute approximate surface area is 112 Å². The van der Waals surface area contributed by atoms with Crippen molar-refractivity contribution in [1.82, 2.24) is 4.98 Å². The summed E-state index contributed by atoms with van der Waals surface area (Å²) in [5, 5.41) is 10.4. The number of hydrogen-bond donors (Lipinski definition) is 1. The van der Waals surface area contributed by atoms with Gasteiger partial charge in [0.05, 0.1) is 6.10 Å². The summed E-state index contributed by atoms with van der Waals surface area (Å²) in [6.45, 7) is 5.94. The second kappa shape index (κ2) is 5.55. The molecule has 0 saturated heterocycles. The van der Waals surface area contributed by atoms with Gasteiger partial charge in [0, 0.05) is 11.1 Å². The first kappa shape index (κ1) is 13.1. The van der Waals surface area contributed by atoms with E-state index in [1.807, 2.05) is 12.1 Å². The molecule has 0 aliphatic heterocycles. The fraction of sp³-hybridized carbons (Fsp3) is 0.267. The molecule has 0 bridgehead atoms. The van der Waals surface area contributed by atoms with Gasteiger partial charge in [-0.1, -0.05) is 30.0 Å². The number of aliphatic hydroxyl groups excluding tert-OH is 1. The Morgan fingerprint density at radius 1 is 1.17 bits per heavy atom. The smallest absolute Gasteiger partial charge is 0.101 e. The molecule has 94 valence electrons. The highest BCUT2D eigenvalue weighted by Gasteiger charge is 2.05. The fourth-order valence-corrected chi connectivity index (χ4v) is 2.57. The van der Waals surface area contributed by atoms with Crippen molar-refractivity contribution in [2.45, 2.75) is 36.8 Å². The Balaban J connectivity index is 2.21. The first-order valence-corrected chi connectivity index (χ1v) is 6.77. The highest BCUT2D eigenvalue weighted by Crippen LogP contribution is 2.30. The first-order chi connectivity index (χ1) is 8.56. The van der Waals surface area contributed by atoms with E-state index in [9.17, 15) is 5.11 Å². The van der Waals surface area contributed by atoms with Gasteiger partial charge in [0.15, 0.2) is 0 Å². The summed E-state index contributed by atoms with van der Waals surface area (Å²) in [5.41, 5.74) is 3.36. The van der Waals surface area contributed by atoms with E-state index in [0.29, 0.717) is 0 Å². The second-order valence-corrected chi connectivity index (χ2v) is 5.54. The molecular weight excluding hydrogens is 242 g/mol. The van der Waals surface area contributed by atoms with Crippen molar-refractivity contribution >= 4 is 11.8 Å². The first-order valence-electron chi connectivity index (χ1n) is 5.95. The molecule has 2 rings (SSSR count). The molecule has 0 aliphatic carbocycles. The number of benzene rings is 1. The van der Waals surface area contributed by atoms with Gasteiger partial charge in [-0.05, 0) is 49.6 Å². The van der Waals surface area contributed by atoms with Crippen LogP contribution in [0.2, 0.25) is 0 Å². The van der Waals surface area contributed by atoms with E-state index in [1.165, 1.54) is 16.0 Å². The quantitative estimate of drug-likeness (QED) is 0.907. The molecule has 1 aromatic carbocycles. The van der Waals surface area contributed by atoms with E-state index in [1.54, 1.807) is 24.9 Å². The zero-order chi connectivity index (χ0) is 13.1. The molecule has 0 amide bonds. The van der Waals surface area contributed by atoms with E-state index in [0.717, 1.165) is 10.6 Å². The lowest BCUT2D eigenvalue weighted by Gasteiger charge is -2.08. The SMILES string of the molecule is Cc1ccc(C)c(Sc2ccc([C@H](C)O)cn2)c1. The number of nitrogens with zero attached hydrogens (tertiary/aromatic N) is 1. The largest absolute Gasteiger partial charge is 0.389 e. The number of hydrogen-bond acceptors (Lipinski definition) is 3. The van der Waals surface area contributed by atoms with Gasteiger partial charge in [0.2, 0.25) is 0 Å². The maximum atomic E-state index is 9.44. The molecule has 0 spiro atoms. The third kappa shape index (κ3) is 3.12. The van der Waals surface area contributed by atoms with Gasteiger partial charge in [-0.2, -0.15) is 0 Å². The van der Waals surface area contributed by atoms with Crippen molar-refractivity contribution in [2.75, 3.05) is 0 Å². The van der Waals surface area contributed by atoms with Gasteiger partial charge in [-0.3, -0.25) is 0 Å². The predicted molar refractivity (Wildman–Crippen MR) is 74.9 cm³/mol. The molecule has 2 nitrogen and oxygen atoms in total. The third-order valence-corrected chi connectivity index (χ3v) is 3.91. The molecule has 0 aliphatic rings. The van der Waals surface area contributed by atoms with Gasteiger partial charge in [0.1, 0.15) is 5.03 Å². The Bertz CT molecular complexity index is 535. The highest BCUT2D eigenvalue weighted by molar-refractivity contribution is 7.99. The van der Waals surface area contributed by atoms with E-state index < -0.39 is 6.10 Å². The highest BCUT2D eigenvalue weighted by atomic mass is 32.2. The van der Waals surface area contributed by atoms with Crippen LogP contribution in [0.1, 0.15) is 29.7 Å². The lowest BCUT2D eigenvalue weighted by Crippen LogP contribution is -1.92. The molecule has 1 N–H and O–H groups in total. The minimum absolute atomic E-state index is 0.461. The Morgan fingerprint density at radius 3 is 2.56 bits per heavy atom. The van der Waals surface area contributed by atoms with Crippen LogP contribution in [-0.4, -0.2) is 10.1 Å². The second-order valence-electron chi connectivity index (χ2n) is 4.48. The van der Waals surface area contributed by atoms with Crippen LogP contribution < -0.4 is 0 Å². The van der Waals surface area contributed by atoms with Gasteiger partial charge >= 0.3 is 0 Å². The van der Waals surface area contributed by atoms with Crippen LogP contribution in [0.3, 0.4) is 0 Å². The maximum Gasteiger partial charge on any atom is 0.101 e. The molecule has 0 unspecified atom stereocenters. The topological polar surface area (TPSA) is 33.1 Å². The van der Waals surface area contributed by atoms with E-state index in [-0.39, 0.29) is 0 Å². The number of rotatable bonds is 3. The van der Waals surface area contributed by atoms with Crippen LogP contribution in [0.4, 0.5) is 0 Å². The van der Waals surface area contributed by atoms with Gasteiger partial charge in [-0.25, -0.2) is 4.98 Å². The van der Waals surface area contributed by atoms with Crippen molar-refractivity contribution in [3.05, 3.63) is 53.2 Å². The summed E-state index contributed by atoms with van der Waals surface area (Å²) in [4.78, 5) is 5.60. The van der Waals surface area contributed by atoms with Crippen molar-refractivity contribution in [2.24, 2.45) is 0 Å². The van der Waals surface area contributed by atoms with Crippen molar-refractivity contribution in [3.8, 4) is 0 Å². The van der Waals surface area contributed by atoms with Gasteiger partial charge in [0.25, 0.3) is 0 Å². The van der Waals surface area contributed by atoms with Crippen molar-refractivity contribution in [3.63, 3.8) is 0 Å². The zero-order valence-electron chi connectivity index (χ0n) is 10.8. The summed E-state index contributed by atoms with van der Waals surface area (Å²) in [6.07, 6.45) is 1.27. The van der Waals surface area contributed by atoms with Crippen LogP contribution in [0.25, 0.3) is 0 Å². The predicted octanol–water partition coefficient (Wildman–Crippen LogP) is 3.90. The van der Waals surface area contributed by atoms with Crippen LogP contribution in [0, 0.1) is 13.8 Å². The normalized spacial score (nSPS) is 12.4. The molecule has 0 saturated carbocycles. The van der Waals surface area contributed by atoms with Crippen LogP contribution in [-0.2, 0) is 0 Å². The molecule has 18 heavy (non-hydrogen) atoms. The molecule has 0 radical (unpaired) electrons. The minimum atomic E-state index is -0.461. The van der Waals surface area contributed by atoms with Crippen LogP contribution >= 0.6 is 11.8 Å². The Hall–Kier alpha value is -1.32. The number of pyridine rings is 1. The van der Waals surface area contributed by atoms with E-state index in [2.05, 4.69) is 37.0 Å². The Morgan fingerprint density at radius 2 is 1.94 bits per heavy atom. The maximum absolute atomic E-state index is 9.44. The Kier molecular flexibility index (Phi) is 4.04. The number of aromatic nitrogens is 1. The lowest BCUT2D eigenvalue weighted by molar-refractivity contribution is 0.198. The molecular formula is C15H17NOS. The molecule has 1 atom stereocenters. The standard InChI is InChI=1S/C15H17NOS/c1-10-4-5-11(2)14(8-10)18-15-7-6-13(9-16-15)12(3)17/h4-9,12,17H,1-3H3/t12-/m0/s1. The third-order valence-electron chi connectivity index (χ3n) is 2.80. The molecule has 1 heterocycles. The summed E-state index contributed by atoms with van der Waals surface area (Å²) >= 11 is 1.66. The average molecular weight is 259 g/mol. The molecule has 2 aromatic rings. The summed E-state index contributed by atoms with van der Waals surface area (Å²) in [7, 11) is 0. The van der Waals surface area contributed by atoms with E-state index >= 15 is 0 Å². The molecule has 3 heteroatoms. The van der Waals surface area contributed by atoms with Crippen LogP contribution in [0.5, 0.6) is 0 Å². The number of aliphatic hydroxyl groups is 1. The lowest BCUT2D eigenvalue weighted by atomic mass is 10.2. The fourth-order valence-electron chi connectivity index (χ4n) is 1.63. The summed E-state index contributed by atoms with van der Waals surface area (Å²) < 4.78 is 0. The zero-order valence-corrected chi connectivity index (χ0v) is 11.7. The monoisotopic (exact) mass is 259 g/mol.